The largest absolute Gasteiger partial charge is 0.497 e. The van der Waals surface area contributed by atoms with Crippen molar-refractivity contribution < 1.29 is 14.6 Å². The number of nitrogens with zero attached hydrogens (tertiary/aromatic N) is 2. The minimum absolute atomic E-state index is 0.179. The molecule has 0 spiro atoms. The first-order valence-corrected chi connectivity index (χ1v) is 8.34. The van der Waals surface area contributed by atoms with Crippen molar-refractivity contribution in [1.29, 1.82) is 0 Å². The van der Waals surface area contributed by atoms with Crippen molar-refractivity contribution in [2.75, 3.05) is 7.11 Å². The quantitative estimate of drug-likeness (QED) is 0.917. The molecule has 6 nitrogen and oxygen atoms in total. The third-order valence-electron chi connectivity index (χ3n) is 5.16. The number of aliphatic carboxylic acids is 1. The van der Waals surface area contributed by atoms with Crippen LogP contribution in [0.25, 0.3) is 18.2 Å². The van der Waals surface area contributed by atoms with Crippen molar-refractivity contribution in [3.05, 3.63) is 63.3 Å². The van der Waals surface area contributed by atoms with Crippen LogP contribution in [0.5, 0.6) is 5.75 Å². The van der Waals surface area contributed by atoms with Crippen LogP contribution in [-0.4, -0.2) is 27.7 Å². The Morgan fingerprint density at radius 1 is 1.35 bits per heavy atom. The molecule has 0 radical (unpaired) electrons. The summed E-state index contributed by atoms with van der Waals surface area (Å²) in [5.74, 6) is 0.395. The predicted molar refractivity (Wildman–Crippen MR) is 97.9 cm³/mol. The molecule has 1 aliphatic heterocycles. The molecule has 1 aromatic heterocycles. The Hall–Kier alpha value is -3.15. The third-order valence-corrected chi connectivity index (χ3v) is 5.16. The summed E-state index contributed by atoms with van der Waals surface area (Å²) in [6, 6.07) is 7.23. The zero-order chi connectivity index (χ0) is 18.5. The van der Waals surface area contributed by atoms with Crippen molar-refractivity contribution in [2.24, 2.45) is 5.41 Å². The molecule has 1 aromatic carbocycles. The van der Waals surface area contributed by atoms with Crippen molar-refractivity contribution in [3.63, 3.8) is 0 Å². The summed E-state index contributed by atoms with van der Waals surface area (Å²) in [7, 11) is 1.62. The van der Waals surface area contributed by atoms with Gasteiger partial charge in [-0.1, -0.05) is 24.3 Å². The first-order chi connectivity index (χ1) is 12.5. The Kier molecular flexibility index (Phi) is 3.57. The average molecular weight is 350 g/mol. The maximum Gasteiger partial charge on any atom is 0.315 e. The van der Waals surface area contributed by atoms with Gasteiger partial charge in [-0.2, -0.15) is 0 Å². The van der Waals surface area contributed by atoms with Crippen molar-refractivity contribution in [1.82, 2.24) is 9.55 Å². The Labute approximate surface area is 150 Å². The summed E-state index contributed by atoms with van der Waals surface area (Å²) in [4.78, 5) is 28.8. The summed E-state index contributed by atoms with van der Waals surface area (Å²) in [5, 5.41) is 9.42. The molecule has 2 unspecified atom stereocenters. The molecule has 2 aromatic rings. The van der Waals surface area contributed by atoms with Gasteiger partial charge >= 0.3 is 5.97 Å². The van der Waals surface area contributed by atoms with E-state index in [9.17, 15) is 14.7 Å². The maximum atomic E-state index is 12.8. The number of fused-ring (bicyclic) bond motifs is 3. The Morgan fingerprint density at radius 2 is 2.08 bits per heavy atom. The highest BCUT2D eigenvalue weighted by molar-refractivity contribution is 5.84. The highest BCUT2D eigenvalue weighted by atomic mass is 16.5. The van der Waals surface area contributed by atoms with E-state index < -0.39 is 11.4 Å². The monoisotopic (exact) mass is 350 g/mol. The van der Waals surface area contributed by atoms with Crippen molar-refractivity contribution in [3.8, 4) is 5.75 Å². The second-order valence-electron chi connectivity index (χ2n) is 6.66. The van der Waals surface area contributed by atoms with Crippen molar-refractivity contribution >= 4 is 24.2 Å². The van der Waals surface area contributed by atoms with E-state index in [4.69, 9.17) is 4.74 Å². The summed E-state index contributed by atoms with van der Waals surface area (Å²) >= 11 is 0. The van der Waals surface area contributed by atoms with Crippen LogP contribution in [0.2, 0.25) is 0 Å². The molecule has 4 rings (SSSR count). The van der Waals surface area contributed by atoms with Crippen LogP contribution in [0.4, 0.5) is 0 Å². The summed E-state index contributed by atoms with van der Waals surface area (Å²) in [5.41, 5.74) is 0.949. The lowest BCUT2D eigenvalue weighted by Gasteiger charge is -2.18. The molecule has 0 saturated heterocycles. The molecule has 1 N–H and O–H groups in total. The van der Waals surface area contributed by atoms with Gasteiger partial charge in [-0.15, -0.1) is 0 Å². The average Bonchev–Trinajstić information content (AvgIpc) is 3.40. The lowest BCUT2D eigenvalue weighted by atomic mass is 10.0. The standard InChI is InChI=1S/C20H18N2O4/c1-12-15(8-5-13-3-6-14(26-2)7-4-13)21-17-9-10-20(19(24)25)11-16(20)22(17)18(12)23/h3-10,16H,11H2,1-2H3,(H,24,25)/b8-5+. The van der Waals surface area contributed by atoms with Crippen LogP contribution < -0.4 is 10.3 Å². The Morgan fingerprint density at radius 3 is 2.73 bits per heavy atom. The van der Waals surface area contributed by atoms with E-state index in [0.29, 0.717) is 23.5 Å². The van der Waals surface area contributed by atoms with Crippen LogP contribution in [-0.2, 0) is 4.79 Å². The topological polar surface area (TPSA) is 81.4 Å². The lowest BCUT2D eigenvalue weighted by molar-refractivity contribution is -0.141. The smallest absolute Gasteiger partial charge is 0.315 e. The van der Waals surface area contributed by atoms with E-state index in [1.165, 1.54) is 4.57 Å². The molecule has 1 aliphatic carbocycles. The lowest BCUT2D eigenvalue weighted by Crippen LogP contribution is -2.31. The second-order valence-corrected chi connectivity index (χ2v) is 6.66. The SMILES string of the molecule is COc1ccc(/C=C/c2nc3n(c(=O)c2C)C2CC2(C(=O)O)C=C3)cc1. The molecule has 26 heavy (non-hydrogen) atoms. The van der Waals surface area contributed by atoms with Gasteiger partial charge in [0.15, 0.2) is 0 Å². The van der Waals surface area contributed by atoms with Gasteiger partial charge in [-0.25, -0.2) is 4.98 Å². The van der Waals surface area contributed by atoms with E-state index in [0.717, 1.165) is 11.3 Å². The van der Waals surface area contributed by atoms with Crippen LogP contribution >= 0.6 is 0 Å². The molecule has 2 aliphatic rings. The summed E-state index contributed by atoms with van der Waals surface area (Å²) in [6.07, 6.45) is 7.43. The normalized spacial score (nSPS) is 22.8. The number of aromatic nitrogens is 2. The van der Waals surface area contributed by atoms with Gasteiger partial charge in [0.25, 0.3) is 5.56 Å². The van der Waals surface area contributed by atoms with Gasteiger partial charge in [-0.05, 0) is 43.2 Å². The molecule has 6 heteroatoms. The molecule has 1 fully saturated rings. The number of ether oxygens (including phenoxy) is 1. The molecule has 0 amide bonds. The van der Waals surface area contributed by atoms with Crippen molar-refractivity contribution in [2.45, 2.75) is 19.4 Å². The van der Waals surface area contributed by atoms with Gasteiger partial charge in [0.05, 0.1) is 18.8 Å². The van der Waals surface area contributed by atoms with E-state index in [1.807, 2.05) is 30.3 Å². The van der Waals surface area contributed by atoms with Crippen LogP contribution in [0.1, 0.15) is 35.1 Å². The van der Waals surface area contributed by atoms with E-state index in [1.54, 1.807) is 32.3 Å². The third kappa shape index (κ3) is 2.37. The zero-order valence-electron chi connectivity index (χ0n) is 14.5. The number of carbonyl (C=O) groups is 1. The van der Waals surface area contributed by atoms with E-state index >= 15 is 0 Å². The first-order valence-electron chi connectivity index (χ1n) is 8.34. The number of rotatable bonds is 4. The van der Waals surface area contributed by atoms with Gasteiger partial charge in [0.1, 0.15) is 17.0 Å². The first kappa shape index (κ1) is 16.3. The van der Waals surface area contributed by atoms with Crippen LogP contribution in [0.15, 0.2) is 35.1 Å². The summed E-state index contributed by atoms with van der Waals surface area (Å²) < 4.78 is 6.66. The Bertz CT molecular complexity index is 1020. The number of benzene rings is 1. The fourth-order valence-corrected chi connectivity index (χ4v) is 3.41. The number of hydrogen-bond acceptors (Lipinski definition) is 4. The number of hydrogen-bond donors (Lipinski definition) is 1. The second kappa shape index (κ2) is 5.69. The minimum atomic E-state index is -0.939. The van der Waals surface area contributed by atoms with Gasteiger partial charge < -0.3 is 9.84 Å². The number of carboxylic acids is 1. The molecular weight excluding hydrogens is 332 g/mol. The molecular formula is C20H18N2O4. The summed E-state index contributed by atoms with van der Waals surface area (Å²) in [6.45, 7) is 1.72. The van der Waals surface area contributed by atoms with Gasteiger partial charge in [-0.3, -0.25) is 14.2 Å². The fraction of sp³-hybridized carbons (Fsp3) is 0.250. The molecule has 132 valence electrons. The van der Waals surface area contributed by atoms with Gasteiger partial charge in [0, 0.05) is 5.56 Å². The predicted octanol–water partition coefficient (Wildman–Crippen LogP) is 2.77. The van der Waals surface area contributed by atoms with E-state index in [-0.39, 0.29) is 11.6 Å². The highest BCUT2D eigenvalue weighted by Crippen LogP contribution is 2.59. The number of methoxy groups -OCH3 is 1. The van der Waals surface area contributed by atoms with Crippen LogP contribution in [0, 0.1) is 12.3 Å². The number of carboxylic acid groups (broad SMARTS) is 1. The molecule has 1 saturated carbocycles. The van der Waals surface area contributed by atoms with Crippen LogP contribution in [0.3, 0.4) is 0 Å². The minimum Gasteiger partial charge on any atom is -0.497 e. The molecule has 2 heterocycles. The molecule has 0 bridgehead atoms. The maximum absolute atomic E-state index is 12.8. The highest BCUT2D eigenvalue weighted by Gasteiger charge is 2.62. The zero-order valence-corrected chi connectivity index (χ0v) is 14.5. The van der Waals surface area contributed by atoms with Gasteiger partial charge in [0.2, 0.25) is 0 Å². The fourth-order valence-electron chi connectivity index (χ4n) is 3.41. The van der Waals surface area contributed by atoms with E-state index in [2.05, 4.69) is 4.98 Å². The Balaban J connectivity index is 1.70. The molecule has 2 atom stereocenters.